The lowest BCUT2D eigenvalue weighted by atomic mass is 10.0. The van der Waals surface area contributed by atoms with Gasteiger partial charge in [0.05, 0.1) is 0 Å². The Balaban J connectivity index is 2.43. The molecule has 1 saturated heterocycles. The van der Waals surface area contributed by atoms with Crippen LogP contribution in [0.25, 0.3) is 0 Å². The van der Waals surface area contributed by atoms with E-state index in [2.05, 4.69) is 43.1 Å². The first-order chi connectivity index (χ1) is 8.69. The van der Waals surface area contributed by atoms with Gasteiger partial charge in [-0.05, 0) is 52.9 Å². The van der Waals surface area contributed by atoms with Crippen molar-refractivity contribution >= 4 is 0 Å². The summed E-state index contributed by atoms with van der Waals surface area (Å²) in [7, 11) is 4.59. The van der Waals surface area contributed by atoms with Crippen LogP contribution in [0.4, 0.5) is 0 Å². The summed E-state index contributed by atoms with van der Waals surface area (Å²) in [6.07, 6.45) is 6.55. The maximum Gasteiger partial charge on any atom is 0.0223 e. The van der Waals surface area contributed by atoms with Gasteiger partial charge in [-0.25, -0.2) is 0 Å². The van der Waals surface area contributed by atoms with Crippen LogP contribution in [0.3, 0.4) is 0 Å². The second-order valence-electron chi connectivity index (χ2n) is 5.87. The second kappa shape index (κ2) is 8.89. The first-order valence-corrected chi connectivity index (χ1v) is 7.80. The van der Waals surface area contributed by atoms with E-state index in [1.165, 1.54) is 45.2 Å². The summed E-state index contributed by atoms with van der Waals surface area (Å²) in [6.45, 7) is 9.35. The van der Waals surface area contributed by atoms with E-state index in [4.69, 9.17) is 0 Å². The Morgan fingerprint density at radius 1 is 1.33 bits per heavy atom. The zero-order chi connectivity index (χ0) is 13.4. The third kappa shape index (κ3) is 5.25. The van der Waals surface area contributed by atoms with Gasteiger partial charge < -0.3 is 10.2 Å². The van der Waals surface area contributed by atoms with E-state index in [1.54, 1.807) is 0 Å². The largest absolute Gasteiger partial charge is 0.315 e. The highest BCUT2D eigenvalue weighted by Gasteiger charge is 2.25. The number of piperidine rings is 1. The van der Waals surface area contributed by atoms with Crippen molar-refractivity contribution in [3.63, 3.8) is 0 Å². The smallest absolute Gasteiger partial charge is 0.0223 e. The molecule has 108 valence electrons. The van der Waals surface area contributed by atoms with E-state index < -0.39 is 0 Å². The Hall–Kier alpha value is -0.120. The Morgan fingerprint density at radius 2 is 2.11 bits per heavy atom. The number of nitrogens with zero attached hydrogens (tertiary/aromatic N) is 2. The first kappa shape index (κ1) is 15.9. The Bertz CT molecular complexity index is 208. The molecule has 1 fully saturated rings. The summed E-state index contributed by atoms with van der Waals surface area (Å²) in [5.74, 6) is 0. The van der Waals surface area contributed by atoms with Gasteiger partial charge in [-0.15, -0.1) is 0 Å². The molecule has 0 bridgehead atoms. The zero-order valence-corrected chi connectivity index (χ0v) is 12.9. The van der Waals surface area contributed by atoms with E-state index in [9.17, 15) is 0 Å². The molecule has 2 atom stereocenters. The molecule has 1 N–H and O–H groups in total. The number of likely N-dealkylation sites (N-methyl/N-ethyl adjacent to an activating group) is 2. The van der Waals surface area contributed by atoms with E-state index >= 15 is 0 Å². The molecule has 1 aliphatic heterocycles. The lowest BCUT2D eigenvalue weighted by molar-refractivity contribution is 0.0935. The zero-order valence-electron chi connectivity index (χ0n) is 12.9. The fraction of sp³-hybridized carbons (Fsp3) is 1.00. The number of hydrogen-bond acceptors (Lipinski definition) is 3. The topological polar surface area (TPSA) is 18.5 Å². The summed E-state index contributed by atoms with van der Waals surface area (Å²) < 4.78 is 0. The lowest BCUT2D eigenvalue weighted by Crippen LogP contribution is -2.51. The minimum absolute atomic E-state index is 0.707. The van der Waals surface area contributed by atoms with E-state index in [-0.39, 0.29) is 0 Å². The average Bonchev–Trinajstić information content (AvgIpc) is 2.37. The van der Waals surface area contributed by atoms with Crippen molar-refractivity contribution in [2.45, 2.75) is 58.0 Å². The molecule has 2 unspecified atom stereocenters. The van der Waals surface area contributed by atoms with Gasteiger partial charge in [-0.1, -0.05) is 20.3 Å². The third-order valence-electron chi connectivity index (χ3n) is 4.18. The predicted octanol–water partition coefficient (Wildman–Crippen LogP) is 2.18. The standard InChI is InChI=1S/C15H33N3/c1-5-8-14(12-16-10-6-2)18(4)15-9-7-11-17(3)13-15/h14-16H,5-13H2,1-4H3. The highest BCUT2D eigenvalue weighted by atomic mass is 15.2. The van der Waals surface area contributed by atoms with Crippen LogP contribution >= 0.6 is 0 Å². The van der Waals surface area contributed by atoms with Crippen LogP contribution in [0.5, 0.6) is 0 Å². The van der Waals surface area contributed by atoms with Gasteiger partial charge >= 0.3 is 0 Å². The van der Waals surface area contributed by atoms with Gasteiger partial charge in [-0.2, -0.15) is 0 Å². The maximum atomic E-state index is 3.60. The summed E-state index contributed by atoms with van der Waals surface area (Å²) in [5.41, 5.74) is 0. The molecule has 1 aliphatic rings. The molecular weight excluding hydrogens is 222 g/mol. The first-order valence-electron chi connectivity index (χ1n) is 7.80. The summed E-state index contributed by atoms with van der Waals surface area (Å²) in [6, 6.07) is 1.46. The van der Waals surface area contributed by atoms with E-state index in [0.29, 0.717) is 6.04 Å². The monoisotopic (exact) mass is 255 g/mol. The summed E-state index contributed by atoms with van der Waals surface area (Å²) in [4.78, 5) is 5.12. The lowest BCUT2D eigenvalue weighted by Gasteiger charge is -2.40. The fourth-order valence-corrected chi connectivity index (χ4v) is 3.00. The molecule has 0 aromatic heterocycles. The quantitative estimate of drug-likeness (QED) is 0.671. The molecule has 0 aromatic carbocycles. The number of rotatable bonds is 8. The Kier molecular flexibility index (Phi) is 7.87. The van der Waals surface area contributed by atoms with Gasteiger partial charge in [0.2, 0.25) is 0 Å². The van der Waals surface area contributed by atoms with Crippen molar-refractivity contribution in [3.8, 4) is 0 Å². The number of nitrogens with one attached hydrogen (secondary N) is 1. The van der Waals surface area contributed by atoms with E-state index in [0.717, 1.165) is 19.1 Å². The van der Waals surface area contributed by atoms with Crippen molar-refractivity contribution in [1.82, 2.24) is 15.1 Å². The molecule has 3 nitrogen and oxygen atoms in total. The molecule has 0 amide bonds. The fourth-order valence-electron chi connectivity index (χ4n) is 3.00. The predicted molar refractivity (Wildman–Crippen MR) is 80.1 cm³/mol. The van der Waals surface area contributed by atoms with Crippen LogP contribution in [-0.2, 0) is 0 Å². The van der Waals surface area contributed by atoms with Crippen LogP contribution < -0.4 is 5.32 Å². The van der Waals surface area contributed by atoms with Crippen LogP contribution in [0, 0.1) is 0 Å². The van der Waals surface area contributed by atoms with E-state index in [1.807, 2.05) is 0 Å². The van der Waals surface area contributed by atoms with Crippen LogP contribution in [0.15, 0.2) is 0 Å². The molecular formula is C15H33N3. The normalized spacial score (nSPS) is 23.5. The molecule has 0 aliphatic carbocycles. The Morgan fingerprint density at radius 3 is 2.72 bits per heavy atom. The number of hydrogen-bond donors (Lipinski definition) is 1. The third-order valence-corrected chi connectivity index (χ3v) is 4.18. The van der Waals surface area contributed by atoms with Gasteiger partial charge in [0.25, 0.3) is 0 Å². The minimum atomic E-state index is 0.707. The molecule has 3 heteroatoms. The summed E-state index contributed by atoms with van der Waals surface area (Å²) >= 11 is 0. The molecule has 1 rings (SSSR count). The van der Waals surface area contributed by atoms with Crippen molar-refractivity contribution in [2.24, 2.45) is 0 Å². The Labute approximate surface area is 114 Å². The van der Waals surface area contributed by atoms with Gasteiger partial charge in [-0.3, -0.25) is 4.90 Å². The van der Waals surface area contributed by atoms with Gasteiger partial charge in [0, 0.05) is 25.2 Å². The van der Waals surface area contributed by atoms with Crippen LogP contribution in [0.2, 0.25) is 0 Å². The van der Waals surface area contributed by atoms with Gasteiger partial charge in [0.1, 0.15) is 0 Å². The molecule has 1 heterocycles. The van der Waals surface area contributed by atoms with Crippen LogP contribution in [-0.4, -0.2) is 62.2 Å². The molecule has 18 heavy (non-hydrogen) atoms. The maximum absolute atomic E-state index is 3.60. The van der Waals surface area contributed by atoms with Crippen molar-refractivity contribution in [1.29, 1.82) is 0 Å². The molecule has 0 aromatic rings. The average molecular weight is 255 g/mol. The number of likely N-dealkylation sites (tertiary alicyclic amines) is 1. The van der Waals surface area contributed by atoms with Crippen molar-refractivity contribution in [3.05, 3.63) is 0 Å². The van der Waals surface area contributed by atoms with Crippen LogP contribution in [0.1, 0.15) is 46.0 Å². The molecule has 0 spiro atoms. The SMILES string of the molecule is CCCNCC(CCC)N(C)C1CCCN(C)C1. The summed E-state index contributed by atoms with van der Waals surface area (Å²) in [5, 5.41) is 3.60. The minimum Gasteiger partial charge on any atom is -0.315 e. The van der Waals surface area contributed by atoms with Crippen molar-refractivity contribution < 1.29 is 0 Å². The van der Waals surface area contributed by atoms with Gasteiger partial charge in [0.15, 0.2) is 0 Å². The molecule has 0 radical (unpaired) electrons. The van der Waals surface area contributed by atoms with Crippen molar-refractivity contribution in [2.75, 3.05) is 40.3 Å². The highest BCUT2D eigenvalue weighted by molar-refractivity contribution is 4.83. The molecule has 0 saturated carbocycles. The highest BCUT2D eigenvalue weighted by Crippen LogP contribution is 2.17. The second-order valence-corrected chi connectivity index (χ2v) is 5.87.